The molecule has 0 saturated heterocycles. The number of carbonyl (C=O) groups is 2. The van der Waals surface area contributed by atoms with Crippen LogP contribution >= 0.6 is 11.6 Å². The molecule has 21 heavy (non-hydrogen) atoms. The van der Waals surface area contributed by atoms with E-state index >= 15 is 0 Å². The van der Waals surface area contributed by atoms with Gasteiger partial charge in [-0.3, -0.25) is 0 Å². The quantitative estimate of drug-likeness (QED) is 0.478. The van der Waals surface area contributed by atoms with E-state index in [-0.39, 0.29) is 16.9 Å². The molecule has 0 N–H and O–H groups in total. The van der Waals surface area contributed by atoms with E-state index in [4.69, 9.17) is 21.1 Å². The number of methoxy groups -OCH3 is 2. The molecule has 0 radical (unpaired) electrons. The fraction of sp³-hybridized carbons (Fsp3) is 0.429. The van der Waals surface area contributed by atoms with E-state index in [1.165, 1.54) is 0 Å². The summed E-state index contributed by atoms with van der Waals surface area (Å²) < 4.78 is 19.9. The summed E-state index contributed by atoms with van der Waals surface area (Å²) in [4.78, 5) is 23.7. The number of fused-ring (bicyclic) bond motifs is 1. The lowest BCUT2D eigenvalue weighted by Crippen LogP contribution is -2.55. The van der Waals surface area contributed by atoms with Crippen LogP contribution in [0.5, 0.6) is 11.5 Å². The first-order valence-electron chi connectivity index (χ1n) is 6.24. The standard InChI is InChI=1S/C14H15ClO6/c1-8(15)6-9-4-5-10-11(7-9)21-14(20-10,12(16)18-2)13(17)19-3/h4-5,7-8H,6H2,1-3H3/t8-/m1/s1. The van der Waals surface area contributed by atoms with Crippen molar-refractivity contribution in [2.45, 2.75) is 24.5 Å². The Bertz CT molecular complexity index is 553. The van der Waals surface area contributed by atoms with Gasteiger partial charge in [0.25, 0.3) is 0 Å². The van der Waals surface area contributed by atoms with Gasteiger partial charge in [0.1, 0.15) is 0 Å². The molecule has 1 aromatic carbocycles. The molecule has 114 valence electrons. The smallest absolute Gasteiger partial charge is 0.453 e. The van der Waals surface area contributed by atoms with Crippen molar-refractivity contribution in [2.24, 2.45) is 0 Å². The van der Waals surface area contributed by atoms with Gasteiger partial charge >= 0.3 is 17.7 Å². The highest BCUT2D eigenvalue weighted by Gasteiger charge is 2.59. The van der Waals surface area contributed by atoms with Gasteiger partial charge in [0.05, 0.1) is 14.2 Å². The predicted molar refractivity (Wildman–Crippen MR) is 73.5 cm³/mol. The van der Waals surface area contributed by atoms with Crippen molar-refractivity contribution in [3.05, 3.63) is 23.8 Å². The molecule has 0 fully saturated rings. The molecule has 0 amide bonds. The summed E-state index contributed by atoms with van der Waals surface area (Å²) >= 11 is 5.94. The molecule has 0 aliphatic carbocycles. The summed E-state index contributed by atoms with van der Waals surface area (Å²) in [5, 5.41) is -0.0589. The molecule has 1 aliphatic rings. The maximum atomic E-state index is 11.9. The van der Waals surface area contributed by atoms with E-state index in [2.05, 4.69) is 9.47 Å². The average molecular weight is 315 g/mol. The monoisotopic (exact) mass is 314 g/mol. The Labute approximate surface area is 126 Å². The fourth-order valence-corrected chi connectivity index (χ4v) is 2.20. The third kappa shape index (κ3) is 2.76. The van der Waals surface area contributed by atoms with Crippen LogP contribution in [0.4, 0.5) is 0 Å². The van der Waals surface area contributed by atoms with Crippen molar-refractivity contribution >= 4 is 23.5 Å². The molecule has 0 saturated carbocycles. The van der Waals surface area contributed by atoms with Gasteiger partial charge in [-0.25, -0.2) is 9.59 Å². The fourth-order valence-electron chi connectivity index (χ4n) is 2.02. The second kappa shape index (κ2) is 5.81. The Morgan fingerprint density at radius 3 is 2.29 bits per heavy atom. The largest absolute Gasteiger partial charge is 0.463 e. The number of halogens is 1. The van der Waals surface area contributed by atoms with Gasteiger partial charge < -0.3 is 18.9 Å². The van der Waals surface area contributed by atoms with Crippen molar-refractivity contribution in [1.82, 2.24) is 0 Å². The molecule has 1 heterocycles. The van der Waals surface area contributed by atoms with E-state index < -0.39 is 17.7 Å². The Morgan fingerprint density at radius 2 is 1.76 bits per heavy atom. The summed E-state index contributed by atoms with van der Waals surface area (Å²) in [6, 6.07) is 5.06. The van der Waals surface area contributed by atoms with Crippen LogP contribution in [0.25, 0.3) is 0 Å². The molecule has 2 rings (SSSR count). The van der Waals surface area contributed by atoms with Gasteiger partial charge in [-0.1, -0.05) is 6.07 Å². The predicted octanol–water partition coefficient (Wildman–Crippen LogP) is 1.67. The Hall–Kier alpha value is -1.95. The minimum absolute atomic E-state index is 0.0589. The highest BCUT2D eigenvalue weighted by molar-refractivity contribution is 6.20. The topological polar surface area (TPSA) is 71.1 Å². The Morgan fingerprint density at radius 1 is 1.19 bits per heavy atom. The third-order valence-corrected chi connectivity index (χ3v) is 3.10. The molecule has 0 spiro atoms. The molecular formula is C14H15ClO6. The van der Waals surface area contributed by atoms with Crippen molar-refractivity contribution in [1.29, 1.82) is 0 Å². The van der Waals surface area contributed by atoms with Crippen LogP contribution in [0.3, 0.4) is 0 Å². The van der Waals surface area contributed by atoms with Crippen LogP contribution < -0.4 is 9.47 Å². The van der Waals surface area contributed by atoms with Crippen LogP contribution in [0.2, 0.25) is 0 Å². The van der Waals surface area contributed by atoms with Gasteiger partial charge in [0, 0.05) is 5.38 Å². The van der Waals surface area contributed by atoms with Gasteiger partial charge in [-0.15, -0.1) is 11.6 Å². The van der Waals surface area contributed by atoms with Crippen molar-refractivity contribution in [3.8, 4) is 11.5 Å². The van der Waals surface area contributed by atoms with E-state index in [0.29, 0.717) is 6.42 Å². The summed E-state index contributed by atoms with van der Waals surface area (Å²) in [7, 11) is 2.26. The molecule has 1 aromatic rings. The molecule has 0 unspecified atom stereocenters. The highest BCUT2D eigenvalue weighted by atomic mass is 35.5. The maximum Gasteiger partial charge on any atom is 0.453 e. The minimum atomic E-state index is -2.25. The zero-order chi connectivity index (χ0) is 15.6. The van der Waals surface area contributed by atoms with E-state index in [1.54, 1.807) is 18.2 Å². The number of hydrogen-bond acceptors (Lipinski definition) is 6. The van der Waals surface area contributed by atoms with Crippen LogP contribution in [-0.2, 0) is 25.5 Å². The van der Waals surface area contributed by atoms with Gasteiger partial charge in [0.2, 0.25) is 0 Å². The van der Waals surface area contributed by atoms with Crippen LogP contribution in [0.1, 0.15) is 12.5 Å². The SMILES string of the molecule is COC(=O)C1(C(=O)OC)Oc2ccc(C[C@@H](C)Cl)cc2O1. The summed E-state index contributed by atoms with van der Waals surface area (Å²) in [5.74, 6) is -3.70. The number of benzene rings is 1. The van der Waals surface area contributed by atoms with E-state index in [9.17, 15) is 9.59 Å². The van der Waals surface area contributed by atoms with Crippen molar-refractivity contribution < 1.29 is 28.5 Å². The number of alkyl halides is 1. The van der Waals surface area contributed by atoms with Crippen LogP contribution in [0, 0.1) is 0 Å². The van der Waals surface area contributed by atoms with Gasteiger partial charge in [-0.2, -0.15) is 0 Å². The maximum absolute atomic E-state index is 11.9. The molecule has 0 aromatic heterocycles. The zero-order valence-electron chi connectivity index (χ0n) is 11.8. The third-order valence-electron chi connectivity index (χ3n) is 2.94. The number of hydrogen-bond donors (Lipinski definition) is 0. The lowest BCUT2D eigenvalue weighted by atomic mass is 10.1. The first kappa shape index (κ1) is 15.4. The first-order valence-corrected chi connectivity index (χ1v) is 6.68. The van der Waals surface area contributed by atoms with Crippen molar-refractivity contribution in [2.75, 3.05) is 14.2 Å². The van der Waals surface area contributed by atoms with Crippen LogP contribution in [-0.4, -0.2) is 37.3 Å². The second-order valence-electron chi connectivity index (χ2n) is 4.57. The molecule has 0 bridgehead atoms. The molecular weight excluding hydrogens is 300 g/mol. The van der Waals surface area contributed by atoms with E-state index in [1.807, 2.05) is 6.92 Å². The number of carbonyl (C=O) groups excluding carboxylic acids is 2. The number of rotatable bonds is 4. The second-order valence-corrected chi connectivity index (χ2v) is 5.31. The van der Waals surface area contributed by atoms with Gasteiger partial charge in [0.15, 0.2) is 11.5 Å². The van der Waals surface area contributed by atoms with E-state index in [0.717, 1.165) is 19.8 Å². The lowest BCUT2D eigenvalue weighted by Gasteiger charge is -2.21. The Kier molecular flexibility index (Phi) is 4.27. The highest BCUT2D eigenvalue weighted by Crippen LogP contribution is 2.41. The molecule has 1 aliphatic heterocycles. The number of esters is 2. The zero-order valence-corrected chi connectivity index (χ0v) is 12.6. The molecule has 6 nitrogen and oxygen atoms in total. The summed E-state index contributed by atoms with van der Waals surface area (Å²) in [6.45, 7) is 1.86. The summed E-state index contributed by atoms with van der Waals surface area (Å²) in [6.07, 6.45) is 0.613. The Balaban J connectivity index is 2.35. The normalized spacial score (nSPS) is 16.2. The molecule has 1 atom stereocenters. The summed E-state index contributed by atoms with van der Waals surface area (Å²) in [5.41, 5.74) is 0.894. The first-order chi connectivity index (χ1) is 9.92. The lowest BCUT2D eigenvalue weighted by molar-refractivity contribution is -0.199. The minimum Gasteiger partial charge on any atom is -0.463 e. The van der Waals surface area contributed by atoms with Gasteiger partial charge in [-0.05, 0) is 31.0 Å². The average Bonchev–Trinajstić information content (AvgIpc) is 2.84. The molecule has 7 heteroatoms. The number of ether oxygens (including phenoxy) is 4. The van der Waals surface area contributed by atoms with Crippen molar-refractivity contribution in [3.63, 3.8) is 0 Å². The van der Waals surface area contributed by atoms with Crippen LogP contribution in [0.15, 0.2) is 18.2 Å².